The van der Waals surface area contributed by atoms with E-state index in [0.717, 1.165) is 12.1 Å². The SMILES string of the molecule is O=C(O)CC1(c2ccc(F)c(F)c2F)CC1. The zero-order chi connectivity index (χ0) is 11.9. The van der Waals surface area contributed by atoms with Gasteiger partial charge in [0.25, 0.3) is 0 Å². The summed E-state index contributed by atoms with van der Waals surface area (Å²) in [6, 6.07) is 1.96. The van der Waals surface area contributed by atoms with Crippen LogP contribution in [0.4, 0.5) is 13.2 Å². The van der Waals surface area contributed by atoms with Crippen LogP contribution in [-0.4, -0.2) is 11.1 Å². The van der Waals surface area contributed by atoms with E-state index in [1.54, 1.807) is 0 Å². The van der Waals surface area contributed by atoms with Gasteiger partial charge in [-0.05, 0) is 24.5 Å². The fourth-order valence-corrected chi connectivity index (χ4v) is 1.92. The van der Waals surface area contributed by atoms with E-state index in [0.29, 0.717) is 12.8 Å². The molecule has 1 N–H and O–H groups in total. The molecule has 1 aliphatic rings. The topological polar surface area (TPSA) is 37.3 Å². The highest BCUT2D eigenvalue weighted by Gasteiger charge is 2.48. The van der Waals surface area contributed by atoms with Crippen molar-refractivity contribution in [3.63, 3.8) is 0 Å². The van der Waals surface area contributed by atoms with Crippen LogP contribution in [0.5, 0.6) is 0 Å². The summed E-state index contributed by atoms with van der Waals surface area (Å²) in [5, 5.41) is 8.67. The molecule has 0 aliphatic heterocycles. The van der Waals surface area contributed by atoms with Crippen molar-refractivity contribution in [3.8, 4) is 0 Å². The molecule has 2 rings (SSSR count). The maximum absolute atomic E-state index is 13.4. The average Bonchev–Trinajstić information content (AvgIpc) is 2.94. The molecular weight excluding hydrogens is 221 g/mol. The standard InChI is InChI=1S/C11H9F3O2/c12-7-2-1-6(9(13)10(7)14)11(3-4-11)5-8(15)16/h1-2H,3-5H2,(H,15,16). The van der Waals surface area contributed by atoms with Gasteiger partial charge in [-0.25, -0.2) is 13.2 Å². The highest BCUT2D eigenvalue weighted by atomic mass is 19.2. The Bertz CT molecular complexity index is 453. The highest BCUT2D eigenvalue weighted by Crippen LogP contribution is 2.52. The summed E-state index contributed by atoms with van der Waals surface area (Å²) in [6.45, 7) is 0. The van der Waals surface area contributed by atoms with Crippen molar-refractivity contribution in [2.75, 3.05) is 0 Å². The quantitative estimate of drug-likeness (QED) is 0.810. The Balaban J connectivity index is 2.42. The molecule has 0 saturated heterocycles. The van der Waals surface area contributed by atoms with Gasteiger partial charge in [0.15, 0.2) is 17.5 Å². The van der Waals surface area contributed by atoms with Crippen LogP contribution in [0.25, 0.3) is 0 Å². The third-order valence-electron chi connectivity index (χ3n) is 2.95. The maximum Gasteiger partial charge on any atom is 0.304 e. The molecule has 1 aliphatic carbocycles. The lowest BCUT2D eigenvalue weighted by atomic mass is 9.92. The summed E-state index contributed by atoms with van der Waals surface area (Å²) in [7, 11) is 0. The Kier molecular flexibility index (Phi) is 2.40. The zero-order valence-electron chi connectivity index (χ0n) is 8.27. The molecule has 0 amide bonds. The van der Waals surface area contributed by atoms with Crippen LogP contribution in [0, 0.1) is 17.5 Å². The number of benzene rings is 1. The minimum atomic E-state index is -1.53. The van der Waals surface area contributed by atoms with E-state index in [9.17, 15) is 18.0 Å². The highest BCUT2D eigenvalue weighted by molar-refractivity contribution is 5.70. The molecule has 2 nitrogen and oxygen atoms in total. The van der Waals surface area contributed by atoms with Gasteiger partial charge in [0.1, 0.15) is 0 Å². The molecule has 0 heterocycles. The number of rotatable bonds is 3. The molecule has 1 fully saturated rings. The van der Waals surface area contributed by atoms with E-state index in [-0.39, 0.29) is 12.0 Å². The number of carboxylic acid groups (broad SMARTS) is 1. The molecule has 0 aromatic heterocycles. The van der Waals surface area contributed by atoms with Crippen molar-refractivity contribution in [1.29, 1.82) is 0 Å². The first-order valence-electron chi connectivity index (χ1n) is 4.82. The second kappa shape index (κ2) is 3.50. The summed E-state index contributed by atoms with van der Waals surface area (Å²) < 4.78 is 39.1. The molecular formula is C11H9F3O2. The third kappa shape index (κ3) is 1.66. The molecule has 1 saturated carbocycles. The van der Waals surface area contributed by atoms with Crippen LogP contribution in [0.1, 0.15) is 24.8 Å². The average molecular weight is 230 g/mol. The van der Waals surface area contributed by atoms with E-state index >= 15 is 0 Å². The lowest BCUT2D eigenvalue weighted by Crippen LogP contribution is -2.16. The molecule has 86 valence electrons. The van der Waals surface area contributed by atoms with Crippen LogP contribution in [0.15, 0.2) is 12.1 Å². The van der Waals surface area contributed by atoms with Gasteiger partial charge in [0, 0.05) is 5.41 Å². The van der Waals surface area contributed by atoms with Crippen molar-refractivity contribution < 1.29 is 23.1 Å². The Hall–Kier alpha value is -1.52. The molecule has 1 aromatic carbocycles. The van der Waals surface area contributed by atoms with E-state index in [1.165, 1.54) is 0 Å². The van der Waals surface area contributed by atoms with Crippen molar-refractivity contribution >= 4 is 5.97 Å². The van der Waals surface area contributed by atoms with Crippen molar-refractivity contribution in [2.24, 2.45) is 0 Å². The van der Waals surface area contributed by atoms with Crippen molar-refractivity contribution in [3.05, 3.63) is 35.1 Å². The van der Waals surface area contributed by atoms with Gasteiger partial charge in [0.05, 0.1) is 6.42 Å². The van der Waals surface area contributed by atoms with Gasteiger partial charge in [-0.2, -0.15) is 0 Å². The molecule has 0 bridgehead atoms. The minimum Gasteiger partial charge on any atom is -0.481 e. The van der Waals surface area contributed by atoms with Crippen molar-refractivity contribution in [2.45, 2.75) is 24.7 Å². The Morgan fingerprint density at radius 3 is 2.38 bits per heavy atom. The molecule has 0 atom stereocenters. The van der Waals surface area contributed by atoms with E-state index < -0.39 is 28.8 Å². The Labute approximate surface area is 89.7 Å². The van der Waals surface area contributed by atoms with Gasteiger partial charge in [-0.3, -0.25) is 4.79 Å². The predicted molar refractivity (Wildman–Crippen MR) is 49.5 cm³/mol. The first-order chi connectivity index (χ1) is 7.46. The largest absolute Gasteiger partial charge is 0.481 e. The fraction of sp³-hybridized carbons (Fsp3) is 0.364. The van der Waals surface area contributed by atoms with E-state index in [4.69, 9.17) is 5.11 Å². The fourth-order valence-electron chi connectivity index (χ4n) is 1.92. The molecule has 0 spiro atoms. The number of halogens is 3. The van der Waals surface area contributed by atoms with Crippen LogP contribution in [0.3, 0.4) is 0 Å². The molecule has 0 radical (unpaired) electrons. The summed E-state index contributed by atoms with van der Waals surface area (Å²) in [5.41, 5.74) is -0.876. The smallest absolute Gasteiger partial charge is 0.304 e. The summed E-state index contributed by atoms with van der Waals surface area (Å²) in [4.78, 5) is 10.6. The van der Waals surface area contributed by atoms with Gasteiger partial charge in [-0.15, -0.1) is 0 Å². The summed E-state index contributed by atoms with van der Waals surface area (Å²) >= 11 is 0. The van der Waals surface area contributed by atoms with Crippen LogP contribution < -0.4 is 0 Å². The van der Waals surface area contributed by atoms with E-state index in [2.05, 4.69) is 0 Å². The molecule has 16 heavy (non-hydrogen) atoms. The zero-order valence-corrected chi connectivity index (χ0v) is 8.27. The monoisotopic (exact) mass is 230 g/mol. The van der Waals surface area contributed by atoms with Gasteiger partial charge >= 0.3 is 5.97 Å². The number of carboxylic acids is 1. The molecule has 1 aromatic rings. The number of hydrogen-bond acceptors (Lipinski definition) is 1. The lowest BCUT2D eigenvalue weighted by molar-refractivity contribution is -0.137. The molecule has 0 unspecified atom stereocenters. The Morgan fingerprint density at radius 2 is 1.88 bits per heavy atom. The number of hydrogen-bond donors (Lipinski definition) is 1. The predicted octanol–water partition coefficient (Wildman–Crippen LogP) is 2.61. The second-order valence-electron chi connectivity index (χ2n) is 4.07. The molecule has 5 heteroatoms. The number of carbonyl (C=O) groups is 1. The first kappa shape index (κ1) is 11.0. The first-order valence-corrected chi connectivity index (χ1v) is 4.82. The van der Waals surface area contributed by atoms with Gasteiger partial charge in [-0.1, -0.05) is 6.07 Å². The summed E-state index contributed by atoms with van der Waals surface area (Å²) in [5.74, 6) is -5.12. The van der Waals surface area contributed by atoms with Crippen LogP contribution >= 0.6 is 0 Å². The lowest BCUT2D eigenvalue weighted by Gasteiger charge is -2.14. The third-order valence-corrected chi connectivity index (χ3v) is 2.95. The maximum atomic E-state index is 13.4. The second-order valence-corrected chi connectivity index (χ2v) is 4.07. The minimum absolute atomic E-state index is 0.0335. The van der Waals surface area contributed by atoms with Crippen LogP contribution in [0.2, 0.25) is 0 Å². The van der Waals surface area contributed by atoms with Gasteiger partial charge in [0.2, 0.25) is 0 Å². The van der Waals surface area contributed by atoms with Crippen molar-refractivity contribution in [1.82, 2.24) is 0 Å². The number of aliphatic carboxylic acids is 1. The van der Waals surface area contributed by atoms with E-state index in [1.807, 2.05) is 0 Å². The van der Waals surface area contributed by atoms with Gasteiger partial charge < -0.3 is 5.11 Å². The Morgan fingerprint density at radius 1 is 1.25 bits per heavy atom. The summed E-state index contributed by atoms with van der Waals surface area (Å²) in [6.07, 6.45) is 0.720. The normalized spacial score (nSPS) is 17.2. The van der Waals surface area contributed by atoms with Crippen LogP contribution in [-0.2, 0) is 10.2 Å².